The molecule has 1 unspecified atom stereocenters. The lowest BCUT2D eigenvalue weighted by Crippen LogP contribution is -2.41. The van der Waals surface area contributed by atoms with Gasteiger partial charge < -0.3 is 16.0 Å². The van der Waals surface area contributed by atoms with Gasteiger partial charge in [0.2, 0.25) is 5.95 Å². The first-order valence-corrected chi connectivity index (χ1v) is 4.39. The predicted octanol–water partition coefficient (Wildman–Crippen LogP) is -0.894. The molecule has 4 N–H and O–H groups in total. The van der Waals surface area contributed by atoms with Crippen LogP contribution in [0.15, 0.2) is 4.79 Å². The van der Waals surface area contributed by atoms with Crippen molar-refractivity contribution >= 4 is 17.5 Å². The number of nitrogen functional groups attached to an aromatic ring is 1. The molecule has 2 rings (SSSR count). The third-order valence-corrected chi connectivity index (χ3v) is 2.21. The summed E-state index contributed by atoms with van der Waals surface area (Å²) in [6.07, 6.45) is 0. The molecule has 1 atom stereocenters. The molecule has 0 saturated heterocycles. The number of nitrogens with two attached hydrogens (primary N) is 1. The molecule has 0 aromatic carbocycles. The summed E-state index contributed by atoms with van der Waals surface area (Å²) in [5, 5.41) is 11.6. The van der Waals surface area contributed by atoms with Crippen molar-refractivity contribution in [1.82, 2.24) is 9.97 Å². The lowest BCUT2D eigenvalue weighted by Gasteiger charge is -2.29. The zero-order chi connectivity index (χ0) is 11.0. The largest absolute Gasteiger partial charge is 0.369 e. The van der Waals surface area contributed by atoms with Crippen LogP contribution in [0.5, 0.6) is 0 Å². The molecule has 0 aliphatic carbocycles. The van der Waals surface area contributed by atoms with E-state index in [0.29, 0.717) is 18.1 Å². The van der Waals surface area contributed by atoms with E-state index in [1.165, 1.54) is 0 Å². The van der Waals surface area contributed by atoms with Crippen LogP contribution in [0.2, 0.25) is 0 Å². The molecule has 1 aliphatic rings. The maximum absolute atomic E-state index is 11.5. The average molecular weight is 206 g/mol. The minimum absolute atomic E-state index is 0.0720. The number of H-pyrrole nitrogens is 1. The fourth-order valence-corrected chi connectivity index (χ4v) is 1.54. The van der Waals surface area contributed by atoms with Crippen LogP contribution >= 0.6 is 0 Å². The van der Waals surface area contributed by atoms with E-state index >= 15 is 0 Å². The molecule has 0 fully saturated rings. The van der Waals surface area contributed by atoms with E-state index < -0.39 is 6.04 Å². The molecule has 7 heteroatoms. The number of nitriles is 1. The van der Waals surface area contributed by atoms with E-state index in [0.717, 1.165) is 0 Å². The monoisotopic (exact) mass is 206 g/mol. The molecule has 7 nitrogen and oxygen atoms in total. The summed E-state index contributed by atoms with van der Waals surface area (Å²) in [7, 11) is 1.76. The molecular formula is C8H10N6O. The van der Waals surface area contributed by atoms with Crippen molar-refractivity contribution in [2.45, 2.75) is 6.04 Å². The first kappa shape index (κ1) is 9.33. The van der Waals surface area contributed by atoms with Crippen molar-refractivity contribution in [2.75, 3.05) is 29.5 Å². The lowest BCUT2D eigenvalue weighted by molar-refractivity contribution is 0.778. The number of nitrogens with one attached hydrogen (secondary N) is 2. The molecule has 0 amide bonds. The average Bonchev–Trinajstić information content (AvgIpc) is 2.19. The highest BCUT2D eigenvalue weighted by Crippen LogP contribution is 2.23. The molecular weight excluding hydrogens is 196 g/mol. The Morgan fingerprint density at radius 2 is 2.47 bits per heavy atom. The number of fused-ring (bicyclic) bond motifs is 1. The van der Waals surface area contributed by atoms with E-state index in [2.05, 4.69) is 21.4 Å². The number of rotatable bonds is 0. The van der Waals surface area contributed by atoms with Gasteiger partial charge in [0, 0.05) is 7.05 Å². The molecule has 0 bridgehead atoms. The van der Waals surface area contributed by atoms with Crippen LogP contribution < -0.4 is 21.5 Å². The molecule has 1 aromatic heterocycles. The predicted molar refractivity (Wildman–Crippen MR) is 55.6 cm³/mol. The summed E-state index contributed by atoms with van der Waals surface area (Å²) < 4.78 is 0. The van der Waals surface area contributed by atoms with Crippen LogP contribution in [0, 0.1) is 11.3 Å². The number of anilines is 3. The van der Waals surface area contributed by atoms with Crippen LogP contribution in [-0.4, -0.2) is 29.6 Å². The summed E-state index contributed by atoms with van der Waals surface area (Å²) in [5.41, 5.74) is 5.36. The number of aromatic nitrogens is 2. The molecule has 78 valence electrons. The number of hydrogen-bond acceptors (Lipinski definition) is 6. The Bertz CT molecular complexity index is 487. The van der Waals surface area contributed by atoms with Gasteiger partial charge in [0.25, 0.3) is 5.56 Å². The Hall–Kier alpha value is -2.23. The topological polar surface area (TPSA) is 111 Å². The molecule has 1 aliphatic heterocycles. The number of aromatic amines is 1. The third-order valence-electron chi connectivity index (χ3n) is 2.21. The number of hydrogen-bond donors (Lipinski definition) is 3. The molecule has 0 radical (unpaired) electrons. The Morgan fingerprint density at radius 3 is 3.13 bits per heavy atom. The van der Waals surface area contributed by atoms with Crippen molar-refractivity contribution in [1.29, 1.82) is 5.26 Å². The van der Waals surface area contributed by atoms with E-state index in [1.54, 1.807) is 11.9 Å². The standard InChI is InChI=1S/C8H10N6O/c1-14-3-4(2-9)11-5-6(14)12-8(10)13-7(5)15/h4,11H,3H2,1H3,(H3,10,12,13,15). The van der Waals surface area contributed by atoms with Crippen LogP contribution in [-0.2, 0) is 0 Å². The Labute approximate surface area is 85.5 Å². The maximum Gasteiger partial charge on any atom is 0.277 e. The smallest absolute Gasteiger partial charge is 0.277 e. The quantitative estimate of drug-likeness (QED) is 0.507. The molecule has 15 heavy (non-hydrogen) atoms. The highest BCUT2D eigenvalue weighted by molar-refractivity contribution is 5.69. The van der Waals surface area contributed by atoms with Gasteiger partial charge in [0.1, 0.15) is 11.7 Å². The van der Waals surface area contributed by atoms with Gasteiger partial charge in [0.15, 0.2) is 5.82 Å². The van der Waals surface area contributed by atoms with Gasteiger partial charge >= 0.3 is 0 Å². The second-order valence-corrected chi connectivity index (χ2v) is 3.36. The van der Waals surface area contributed by atoms with Gasteiger partial charge in [-0.15, -0.1) is 0 Å². The van der Waals surface area contributed by atoms with E-state index in [1.807, 2.05) is 0 Å². The fourth-order valence-electron chi connectivity index (χ4n) is 1.54. The molecule has 0 spiro atoms. The van der Waals surface area contributed by atoms with Crippen molar-refractivity contribution < 1.29 is 0 Å². The highest BCUT2D eigenvalue weighted by atomic mass is 16.1. The normalized spacial score (nSPS) is 18.9. The van der Waals surface area contributed by atoms with Gasteiger partial charge in [-0.25, -0.2) is 0 Å². The van der Waals surface area contributed by atoms with Crippen LogP contribution in [0.3, 0.4) is 0 Å². The van der Waals surface area contributed by atoms with Crippen molar-refractivity contribution in [3.05, 3.63) is 10.4 Å². The second kappa shape index (κ2) is 3.16. The maximum atomic E-state index is 11.5. The molecule has 2 heterocycles. The van der Waals surface area contributed by atoms with E-state index in [9.17, 15) is 4.79 Å². The van der Waals surface area contributed by atoms with Gasteiger partial charge in [-0.3, -0.25) is 9.78 Å². The lowest BCUT2D eigenvalue weighted by atomic mass is 10.2. The van der Waals surface area contributed by atoms with E-state index in [4.69, 9.17) is 11.0 Å². The summed E-state index contributed by atoms with van der Waals surface area (Å²) in [6.45, 7) is 0.472. The molecule has 1 aromatic rings. The van der Waals surface area contributed by atoms with Crippen molar-refractivity contribution in [3.8, 4) is 6.07 Å². The highest BCUT2D eigenvalue weighted by Gasteiger charge is 2.25. The van der Waals surface area contributed by atoms with Crippen LogP contribution in [0.1, 0.15) is 0 Å². The van der Waals surface area contributed by atoms with Crippen molar-refractivity contribution in [2.24, 2.45) is 0 Å². The zero-order valence-corrected chi connectivity index (χ0v) is 8.11. The first-order valence-electron chi connectivity index (χ1n) is 4.39. The first-order chi connectivity index (χ1) is 7.11. The van der Waals surface area contributed by atoms with E-state index in [-0.39, 0.29) is 11.5 Å². The number of nitrogens with zero attached hydrogens (tertiary/aromatic N) is 3. The van der Waals surface area contributed by atoms with Crippen LogP contribution in [0.4, 0.5) is 17.5 Å². The van der Waals surface area contributed by atoms with Crippen molar-refractivity contribution in [3.63, 3.8) is 0 Å². The second-order valence-electron chi connectivity index (χ2n) is 3.36. The Kier molecular flexibility index (Phi) is 1.97. The summed E-state index contributed by atoms with van der Waals surface area (Å²) in [4.78, 5) is 19.6. The summed E-state index contributed by atoms with van der Waals surface area (Å²) >= 11 is 0. The Morgan fingerprint density at radius 1 is 1.73 bits per heavy atom. The van der Waals surface area contributed by atoms with Gasteiger partial charge in [-0.05, 0) is 0 Å². The summed E-state index contributed by atoms with van der Waals surface area (Å²) in [6, 6.07) is 1.64. The zero-order valence-electron chi connectivity index (χ0n) is 8.11. The van der Waals surface area contributed by atoms with Gasteiger partial charge in [-0.1, -0.05) is 0 Å². The third kappa shape index (κ3) is 1.46. The SMILES string of the molecule is CN1CC(C#N)Nc2c1nc(N)[nH]c2=O. The summed E-state index contributed by atoms with van der Waals surface area (Å²) in [5.74, 6) is 0.547. The Balaban J connectivity index is 2.56. The number of likely N-dealkylation sites (N-methyl/N-ethyl adjacent to an activating group) is 1. The minimum Gasteiger partial charge on any atom is -0.369 e. The van der Waals surface area contributed by atoms with Crippen LogP contribution in [0.25, 0.3) is 0 Å². The molecule has 0 saturated carbocycles. The van der Waals surface area contributed by atoms with Gasteiger partial charge in [-0.2, -0.15) is 10.2 Å². The fraction of sp³-hybridized carbons (Fsp3) is 0.375. The minimum atomic E-state index is -0.408. The van der Waals surface area contributed by atoms with Gasteiger partial charge in [0.05, 0.1) is 12.6 Å².